The third-order valence-corrected chi connectivity index (χ3v) is 7.82. The van der Waals surface area contributed by atoms with Crippen molar-refractivity contribution in [2.24, 2.45) is 0 Å². The largest absolute Gasteiger partial charge is 0.444 e. The number of piperazine rings is 1. The molecule has 0 unspecified atom stereocenters. The van der Waals surface area contributed by atoms with Crippen LogP contribution in [-0.2, 0) is 17.7 Å². The fraction of sp³-hybridized carbons (Fsp3) is 0.438. The Morgan fingerprint density at radius 2 is 1.66 bits per heavy atom. The second kappa shape index (κ2) is 15.6. The van der Waals surface area contributed by atoms with E-state index in [0.717, 1.165) is 44.7 Å². The number of nitrogens with zero attached hydrogens (tertiary/aromatic N) is 4. The number of amides is 4. The molecule has 1 aromatic carbocycles. The fourth-order valence-corrected chi connectivity index (χ4v) is 5.33. The highest BCUT2D eigenvalue weighted by Gasteiger charge is 2.20. The number of ether oxygens (including phenoxy) is 1. The van der Waals surface area contributed by atoms with Crippen molar-refractivity contribution < 1.29 is 19.1 Å². The molecule has 236 valence electrons. The number of carbonyl (C=O) groups excluding carboxylic acids is 3. The van der Waals surface area contributed by atoms with Crippen molar-refractivity contribution in [3.63, 3.8) is 0 Å². The molecule has 1 aliphatic rings. The Kier molecular flexibility index (Phi) is 11.7. The average Bonchev–Trinajstić information content (AvgIpc) is 3.41. The van der Waals surface area contributed by atoms with E-state index >= 15 is 0 Å². The first-order valence-corrected chi connectivity index (χ1v) is 15.8. The van der Waals surface area contributed by atoms with Crippen LogP contribution in [0.5, 0.6) is 0 Å². The van der Waals surface area contributed by atoms with E-state index in [1.165, 1.54) is 16.9 Å². The van der Waals surface area contributed by atoms with Crippen molar-refractivity contribution >= 4 is 40.7 Å². The molecular weight excluding hydrogens is 578 g/mol. The number of thiophene rings is 1. The zero-order chi connectivity index (χ0) is 31.5. The van der Waals surface area contributed by atoms with E-state index in [4.69, 9.17) is 4.74 Å². The summed E-state index contributed by atoms with van der Waals surface area (Å²) in [5.74, 6) is -0.409. The molecule has 3 heterocycles. The maximum absolute atomic E-state index is 13.3. The number of urea groups is 1. The van der Waals surface area contributed by atoms with Gasteiger partial charge in [-0.15, -0.1) is 11.3 Å². The van der Waals surface area contributed by atoms with Gasteiger partial charge >= 0.3 is 12.1 Å². The van der Waals surface area contributed by atoms with Crippen LogP contribution in [0, 0.1) is 0 Å². The van der Waals surface area contributed by atoms with Crippen molar-refractivity contribution in [1.82, 2.24) is 25.0 Å². The van der Waals surface area contributed by atoms with Gasteiger partial charge < -0.3 is 25.2 Å². The van der Waals surface area contributed by atoms with Gasteiger partial charge in [-0.05, 0) is 51.4 Å². The SMILES string of the molecule is CN1CCN(CCN(Cc2ccc(C(=O)Nc3cscc3NC(=O)OC(C)(C)C)nc2)C(=O)NCCc2ccccc2)CC1. The van der Waals surface area contributed by atoms with E-state index in [-0.39, 0.29) is 11.7 Å². The zero-order valence-electron chi connectivity index (χ0n) is 26.0. The van der Waals surface area contributed by atoms with Gasteiger partial charge in [0, 0.05) is 69.3 Å². The number of benzene rings is 1. The van der Waals surface area contributed by atoms with Crippen LogP contribution in [0.25, 0.3) is 0 Å². The Hall–Kier alpha value is -4.00. The molecule has 0 atom stereocenters. The highest BCUT2D eigenvalue weighted by molar-refractivity contribution is 7.09. The number of aromatic nitrogens is 1. The second-order valence-electron chi connectivity index (χ2n) is 11.9. The van der Waals surface area contributed by atoms with Gasteiger partial charge in [0.1, 0.15) is 11.3 Å². The molecule has 4 rings (SSSR count). The third-order valence-electron chi connectivity index (χ3n) is 7.08. The van der Waals surface area contributed by atoms with E-state index in [9.17, 15) is 14.4 Å². The summed E-state index contributed by atoms with van der Waals surface area (Å²) in [6.07, 6.45) is 1.78. The van der Waals surface area contributed by atoms with Gasteiger partial charge in [-0.2, -0.15) is 0 Å². The van der Waals surface area contributed by atoms with Crippen LogP contribution in [-0.4, -0.2) is 96.2 Å². The van der Waals surface area contributed by atoms with Crippen molar-refractivity contribution in [1.29, 1.82) is 0 Å². The number of likely N-dealkylation sites (N-methyl/N-ethyl adjacent to an activating group) is 1. The first-order valence-electron chi connectivity index (χ1n) is 14.9. The van der Waals surface area contributed by atoms with Gasteiger partial charge in [-0.1, -0.05) is 36.4 Å². The average molecular weight is 622 g/mol. The Morgan fingerprint density at radius 3 is 2.32 bits per heavy atom. The summed E-state index contributed by atoms with van der Waals surface area (Å²) in [6.45, 7) is 11.6. The molecule has 44 heavy (non-hydrogen) atoms. The third kappa shape index (κ3) is 10.6. The molecule has 0 aliphatic carbocycles. The van der Waals surface area contributed by atoms with Crippen LogP contribution in [0.15, 0.2) is 59.4 Å². The normalized spacial score (nSPS) is 14.1. The lowest BCUT2D eigenvalue weighted by atomic mass is 10.1. The highest BCUT2D eigenvalue weighted by Crippen LogP contribution is 2.27. The molecule has 4 amide bonds. The minimum Gasteiger partial charge on any atom is -0.444 e. The van der Waals surface area contributed by atoms with E-state index in [1.54, 1.807) is 48.7 Å². The van der Waals surface area contributed by atoms with E-state index < -0.39 is 17.6 Å². The maximum atomic E-state index is 13.3. The number of nitrogens with one attached hydrogen (secondary N) is 3. The predicted molar refractivity (Wildman–Crippen MR) is 174 cm³/mol. The molecule has 3 aromatic rings. The van der Waals surface area contributed by atoms with Crippen molar-refractivity contribution in [3.05, 3.63) is 76.2 Å². The van der Waals surface area contributed by atoms with Crippen molar-refractivity contribution in [2.45, 2.75) is 39.3 Å². The summed E-state index contributed by atoms with van der Waals surface area (Å²) in [4.78, 5) is 49.3. The van der Waals surface area contributed by atoms with Crippen LogP contribution in [0.4, 0.5) is 21.0 Å². The minimum absolute atomic E-state index is 0.126. The molecule has 11 nitrogen and oxygen atoms in total. The molecule has 0 bridgehead atoms. The molecule has 1 aliphatic heterocycles. The molecule has 0 saturated carbocycles. The van der Waals surface area contributed by atoms with E-state index in [0.29, 0.717) is 31.0 Å². The summed E-state index contributed by atoms with van der Waals surface area (Å²) in [5, 5.41) is 12.0. The van der Waals surface area contributed by atoms with Crippen LogP contribution in [0.3, 0.4) is 0 Å². The molecule has 1 saturated heterocycles. The summed E-state index contributed by atoms with van der Waals surface area (Å²) in [5.41, 5.74) is 2.48. The molecule has 3 N–H and O–H groups in total. The smallest absolute Gasteiger partial charge is 0.412 e. The van der Waals surface area contributed by atoms with Crippen molar-refractivity contribution in [3.8, 4) is 0 Å². The van der Waals surface area contributed by atoms with E-state index in [1.807, 2.05) is 24.3 Å². The monoisotopic (exact) mass is 621 g/mol. The maximum Gasteiger partial charge on any atom is 0.412 e. The number of anilines is 2. The van der Waals surface area contributed by atoms with Crippen LogP contribution >= 0.6 is 11.3 Å². The van der Waals surface area contributed by atoms with Crippen LogP contribution < -0.4 is 16.0 Å². The molecule has 0 spiro atoms. The Labute approximate surface area is 263 Å². The molecule has 1 fully saturated rings. The first-order chi connectivity index (χ1) is 21.1. The Bertz CT molecular complexity index is 1370. The number of pyridine rings is 1. The fourth-order valence-electron chi connectivity index (χ4n) is 4.62. The lowest BCUT2D eigenvalue weighted by molar-refractivity contribution is 0.0635. The van der Waals surface area contributed by atoms with Gasteiger partial charge in [0.05, 0.1) is 11.4 Å². The Balaban J connectivity index is 1.35. The quantitative estimate of drug-likeness (QED) is 0.283. The van der Waals surface area contributed by atoms with Crippen LogP contribution in [0.1, 0.15) is 42.4 Å². The summed E-state index contributed by atoms with van der Waals surface area (Å²) in [6, 6.07) is 13.4. The van der Waals surface area contributed by atoms with Gasteiger partial charge in [0.15, 0.2) is 0 Å². The Morgan fingerprint density at radius 1 is 0.955 bits per heavy atom. The molecule has 2 aromatic heterocycles. The predicted octanol–water partition coefficient (Wildman–Crippen LogP) is 4.74. The molecule has 12 heteroatoms. The van der Waals surface area contributed by atoms with Gasteiger partial charge in [-0.3, -0.25) is 20.0 Å². The van der Waals surface area contributed by atoms with Crippen molar-refractivity contribution in [2.75, 3.05) is 63.5 Å². The van der Waals surface area contributed by atoms with Gasteiger partial charge in [0.2, 0.25) is 0 Å². The topological polar surface area (TPSA) is 119 Å². The highest BCUT2D eigenvalue weighted by atomic mass is 32.1. The second-order valence-corrected chi connectivity index (χ2v) is 12.6. The molecule has 0 radical (unpaired) electrons. The minimum atomic E-state index is -0.641. The lowest BCUT2D eigenvalue weighted by Crippen LogP contribution is -2.49. The number of carbonyl (C=O) groups is 3. The number of hydrogen-bond acceptors (Lipinski definition) is 8. The summed E-state index contributed by atoms with van der Waals surface area (Å²) >= 11 is 1.34. The summed E-state index contributed by atoms with van der Waals surface area (Å²) in [7, 11) is 2.13. The van der Waals surface area contributed by atoms with Gasteiger partial charge in [-0.25, -0.2) is 9.59 Å². The molecular formula is C32H43N7O4S. The van der Waals surface area contributed by atoms with E-state index in [2.05, 4.69) is 49.9 Å². The number of rotatable bonds is 11. The zero-order valence-corrected chi connectivity index (χ0v) is 26.8. The summed E-state index contributed by atoms with van der Waals surface area (Å²) < 4.78 is 5.31. The van der Waals surface area contributed by atoms with Crippen LogP contribution in [0.2, 0.25) is 0 Å². The standard InChI is InChI=1S/C32H43N7O4S/c1-32(2,3)43-31(42)36-28-23-44-22-27(28)35-29(40)26-11-10-25(20-34-26)21-39(19-18-38-16-14-37(4)15-17-38)30(41)33-13-12-24-8-6-5-7-9-24/h5-11,20,22-23H,12-19,21H2,1-4H3,(H,33,41)(H,35,40)(H,36,42). The number of hydrogen-bond donors (Lipinski definition) is 3. The van der Waals surface area contributed by atoms with Gasteiger partial charge in [0.25, 0.3) is 5.91 Å². The first kappa shape index (κ1) is 32.9. The lowest BCUT2D eigenvalue weighted by Gasteiger charge is -2.34.